The van der Waals surface area contributed by atoms with E-state index in [1.54, 1.807) is 48.1 Å². The summed E-state index contributed by atoms with van der Waals surface area (Å²) in [6.45, 7) is 7.07. The number of aliphatic imine (C=N–C) groups is 1. The minimum atomic E-state index is -0.529. The van der Waals surface area contributed by atoms with Crippen molar-refractivity contribution < 1.29 is 18.6 Å². The number of fused-ring (bicyclic) bond motifs is 1. The molecule has 4 aromatic rings. The molecule has 5 rings (SSSR count). The molecule has 0 aliphatic heterocycles. The molecular formula is C29H28ClN3O5S. The molecule has 202 valence electrons. The lowest BCUT2D eigenvalue weighted by Crippen LogP contribution is -2.28. The van der Waals surface area contributed by atoms with Crippen molar-refractivity contribution in [2.45, 2.75) is 46.6 Å². The molecule has 1 N–H and O–H groups in total. The number of benzene rings is 1. The number of nitro groups is 1. The maximum Gasteiger partial charge on any atom is 0.288 e. The van der Waals surface area contributed by atoms with Crippen LogP contribution in [0.5, 0.6) is 0 Å². The predicted molar refractivity (Wildman–Crippen MR) is 152 cm³/mol. The van der Waals surface area contributed by atoms with E-state index >= 15 is 0 Å². The second-order valence-electron chi connectivity index (χ2n) is 10.6. The number of furan rings is 2. The van der Waals surface area contributed by atoms with Gasteiger partial charge in [-0.15, -0.1) is 11.3 Å². The summed E-state index contributed by atoms with van der Waals surface area (Å²) in [5, 5.41) is 14.9. The first-order valence-electron chi connectivity index (χ1n) is 12.6. The molecule has 0 radical (unpaired) electrons. The Morgan fingerprint density at radius 1 is 1.28 bits per heavy atom. The van der Waals surface area contributed by atoms with Gasteiger partial charge in [-0.25, -0.2) is 4.99 Å². The van der Waals surface area contributed by atoms with Gasteiger partial charge >= 0.3 is 0 Å². The van der Waals surface area contributed by atoms with Crippen LogP contribution >= 0.6 is 22.9 Å². The van der Waals surface area contributed by atoms with Crippen molar-refractivity contribution in [3.63, 3.8) is 0 Å². The molecule has 8 nitrogen and oxygen atoms in total. The first-order chi connectivity index (χ1) is 18.6. The van der Waals surface area contributed by atoms with Crippen molar-refractivity contribution in [1.82, 2.24) is 5.32 Å². The number of hydrogen-bond donors (Lipinski definition) is 1. The van der Waals surface area contributed by atoms with Crippen molar-refractivity contribution >= 4 is 45.7 Å². The number of carbonyl (C=O) groups is 1. The summed E-state index contributed by atoms with van der Waals surface area (Å²) in [7, 11) is 0. The van der Waals surface area contributed by atoms with Gasteiger partial charge in [-0.05, 0) is 72.6 Å². The maximum absolute atomic E-state index is 13.4. The predicted octanol–water partition coefficient (Wildman–Crippen LogP) is 7.99. The molecule has 1 aliphatic rings. The quantitative estimate of drug-likeness (QED) is 0.139. The summed E-state index contributed by atoms with van der Waals surface area (Å²) in [6.07, 6.45) is 5.92. The van der Waals surface area contributed by atoms with Crippen LogP contribution in [0, 0.1) is 21.4 Å². The Kier molecular flexibility index (Phi) is 7.46. The summed E-state index contributed by atoms with van der Waals surface area (Å²) >= 11 is 7.49. The average molecular weight is 566 g/mol. The van der Waals surface area contributed by atoms with Crippen molar-refractivity contribution in [3.8, 4) is 11.3 Å². The molecule has 0 unspecified atom stereocenters. The van der Waals surface area contributed by atoms with Crippen LogP contribution in [0.3, 0.4) is 0 Å². The number of rotatable bonds is 7. The Balaban J connectivity index is 1.43. The molecule has 0 saturated heterocycles. The molecule has 3 aromatic heterocycles. The third kappa shape index (κ3) is 5.84. The molecule has 0 saturated carbocycles. The lowest BCUT2D eigenvalue weighted by molar-refractivity contribution is -0.384. The van der Waals surface area contributed by atoms with Crippen LogP contribution < -0.4 is 5.32 Å². The van der Waals surface area contributed by atoms with Crippen LogP contribution in [0.4, 0.5) is 10.7 Å². The lowest BCUT2D eigenvalue weighted by Gasteiger charge is -2.33. The third-order valence-corrected chi connectivity index (χ3v) is 8.55. The number of halogens is 1. The SMILES string of the molecule is CC(C)(C)[C@H]1CCc2c(sc(N=Cc3ccc(-c4ccc(Cl)c([N+](=O)[O-])c4)o3)c2C(=O)NCc2ccco2)C1. The fourth-order valence-corrected chi connectivity index (χ4v) is 6.27. The van der Waals surface area contributed by atoms with Crippen molar-refractivity contribution in [1.29, 1.82) is 0 Å². The highest BCUT2D eigenvalue weighted by atomic mass is 35.5. The fraction of sp³-hybridized carbons (Fsp3) is 0.310. The minimum absolute atomic E-state index is 0.0605. The molecule has 0 fully saturated rings. The van der Waals surface area contributed by atoms with Crippen molar-refractivity contribution in [3.05, 3.63) is 91.4 Å². The van der Waals surface area contributed by atoms with Gasteiger partial charge in [0, 0.05) is 16.5 Å². The topological polar surface area (TPSA) is 111 Å². The minimum Gasteiger partial charge on any atom is -0.467 e. The summed E-state index contributed by atoms with van der Waals surface area (Å²) in [5.41, 5.74) is 2.18. The smallest absolute Gasteiger partial charge is 0.288 e. The van der Waals surface area contributed by atoms with Gasteiger partial charge in [-0.3, -0.25) is 14.9 Å². The molecule has 0 spiro atoms. The molecule has 1 aliphatic carbocycles. The largest absolute Gasteiger partial charge is 0.467 e. The number of thiophene rings is 1. The fourth-order valence-electron chi connectivity index (χ4n) is 4.81. The summed E-state index contributed by atoms with van der Waals surface area (Å²) in [5.74, 6) is 1.93. The normalized spacial score (nSPS) is 15.4. The molecule has 1 amide bonds. The van der Waals surface area contributed by atoms with Gasteiger partial charge in [0.2, 0.25) is 0 Å². The van der Waals surface area contributed by atoms with Gasteiger partial charge in [0.1, 0.15) is 27.3 Å². The summed E-state index contributed by atoms with van der Waals surface area (Å²) < 4.78 is 11.3. The number of hydrogen-bond acceptors (Lipinski definition) is 7. The van der Waals surface area contributed by atoms with Crippen LogP contribution in [-0.4, -0.2) is 17.0 Å². The molecular weight excluding hydrogens is 538 g/mol. The summed E-state index contributed by atoms with van der Waals surface area (Å²) in [4.78, 5) is 30.0. The lowest BCUT2D eigenvalue weighted by atomic mass is 9.72. The van der Waals surface area contributed by atoms with E-state index in [2.05, 4.69) is 31.1 Å². The number of nitro benzene ring substituents is 1. The Labute approximate surface area is 234 Å². The van der Waals surface area contributed by atoms with Crippen LogP contribution in [0.15, 0.2) is 62.6 Å². The number of nitrogens with one attached hydrogen (secondary N) is 1. The zero-order chi connectivity index (χ0) is 27.7. The zero-order valence-electron chi connectivity index (χ0n) is 21.8. The van der Waals surface area contributed by atoms with E-state index in [9.17, 15) is 14.9 Å². The highest BCUT2D eigenvalue weighted by Gasteiger charge is 2.33. The van der Waals surface area contributed by atoms with Gasteiger partial charge in [0.15, 0.2) is 0 Å². The van der Waals surface area contributed by atoms with E-state index in [1.807, 2.05) is 6.07 Å². The standard InChI is InChI=1S/C29H28ClN3O5S/c1-29(2,3)18-7-9-21-25(14-18)39-28(26(21)27(34)31-15-19-5-4-12-37-19)32-16-20-8-11-24(38-20)17-6-10-22(30)23(13-17)33(35)36/h4-6,8,10-13,16,18H,7,9,14-15H2,1-3H3,(H,31,34)/t18-/m0/s1. The highest BCUT2D eigenvalue weighted by Crippen LogP contribution is 2.45. The monoisotopic (exact) mass is 565 g/mol. The first kappa shape index (κ1) is 26.9. The maximum atomic E-state index is 13.4. The average Bonchev–Trinajstić information content (AvgIpc) is 3.65. The summed E-state index contributed by atoms with van der Waals surface area (Å²) in [6, 6.07) is 11.6. The molecule has 1 aromatic carbocycles. The van der Waals surface area contributed by atoms with Crippen LogP contribution in [0.25, 0.3) is 11.3 Å². The molecule has 39 heavy (non-hydrogen) atoms. The van der Waals surface area contributed by atoms with Gasteiger partial charge < -0.3 is 14.2 Å². The molecule has 10 heteroatoms. The first-order valence-corrected chi connectivity index (χ1v) is 13.8. The van der Waals surface area contributed by atoms with E-state index in [4.69, 9.17) is 20.4 Å². The second-order valence-corrected chi connectivity index (χ2v) is 12.1. The van der Waals surface area contributed by atoms with Crippen LogP contribution in [0.2, 0.25) is 5.02 Å². The zero-order valence-corrected chi connectivity index (χ0v) is 23.4. The van der Waals surface area contributed by atoms with Gasteiger partial charge in [-0.1, -0.05) is 32.4 Å². The Morgan fingerprint density at radius 3 is 2.82 bits per heavy atom. The highest BCUT2D eigenvalue weighted by molar-refractivity contribution is 7.16. The van der Waals surface area contributed by atoms with E-state index in [0.29, 0.717) is 45.9 Å². The van der Waals surface area contributed by atoms with Crippen molar-refractivity contribution in [2.75, 3.05) is 0 Å². The van der Waals surface area contributed by atoms with E-state index in [0.717, 1.165) is 24.8 Å². The molecule has 1 atom stereocenters. The number of nitrogens with zero attached hydrogens (tertiary/aromatic N) is 2. The third-order valence-electron chi connectivity index (χ3n) is 7.06. The molecule has 0 bridgehead atoms. The Morgan fingerprint density at radius 2 is 2.10 bits per heavy atom. The Bertz CT molecular complexity index is 1550. The number of carbonyl (C=O) groups excluding carboxylic acids is 1. The van der Waals surface area contributed by atoms with E-state index in [-0.39, 0.29) is 22.0 Å². The van der Waals surface area contributed by atoms with Crippen LogP contribution in [-0.2, 0) is 19.4 Å². The molecule has 3 heterocycles. The van der Waals surface area contributed by atoms with Crippen LogP contribution in [0.1, 0.15) is 59.5 Å². The van der Waals surface area contributed by atoms with Gasteiger partial charge in [0.05, 0.1) is 29.5 Å². The second kappa shape index (κ2) is 10.8. The van der Waals surface area contributed by atoms with E-state index < -0.39 is 4.92 Å². The number of amides is 1. The van der Waals surface area contributed by atoms with E-state index in [1.165, 1.54) is 17.0 Å². The van der Waals surface area contributed by atoms with Gasteiger partial charge in [-0.2, -0.15) is 0 Å². The Hall–Kier alpha value is -3.69. The van der Waals surface area contributed by atoms with Crippen molar-refractivity contribution in [2.24, 2.45) is 16.3 Å². The van der Waals surface area contributed by atoms with Gasteiger partial charge in [0.25, 0.3) is 11.6 Å².